The Balaban J connectivity index is 2.14. The highest BCUT2D eigenvalue weighted by Crippen LogP contribution is 2.53. The van der Waals surface area contributed by atoms with Crippen LogP contribution in [-0.2, 0) is 10.7 Å². The summed E-state index contributed by atoms with van der Waals surface area (Å²) in [5.74, 6) is 0.986. The number of aliphatic hydroxyl groups is 1. The maximum absolute atomic E-state index is 9.58. The molecule has 1 aliphatic rings. The molecule has 0 aromatic heterocycles. The van der Waals surface area contributed by atoms with Crippen LogP contribution >= 0.6 is 23.5 Å². The van der Waals surface area contributed by atoms with Gasteiger partial charge in [-0.2, -0.15) is 0 Å². The molecule has 2 aromatic rings. The molecule has 0 atom stereocenters. The van der Waals surface area contributed by atoms with E-state index in [1.165, 1.54) is 5.56 Å². The Hall–Kier alpha value is -1.10. The fourth-order valence-corrected chi connectivity index (χ4v) is 5.00. The average Bonchev–Trinajstić information content (AvgIpc) is 2.60. The monoisotopic (exact) mass is 332 g/mol. The summed E-state index contributed by atoms with van der Waals surface area (Å²) in [5, 5.41) is 9.58. The average molecular weight is 332 g/mol. The number of ether oxygens (including phenoxy) is 1. The standard InChI is InChI=1S/C18H20O2S2/c1-21-18(22-2)9-10-20-17-8-7-13(11-16(17)18)15-6-4-3-5-14(15)12-19/h3-8,11,19H,9-10,12H2,1-2H3. The van der Waals surface area contributed by atoms with Crippen molar-refractivity contribution in [2.45, 2.75) is 17.1 Å². The smallest absolute Gasteiger partial charge is 0.124 e. The summed E-state index contributed by atoms with van der Waals surface area (Å²) >= 11 is 3.77. The number of benzene rings is 2. The first-order valence-corrected chi connectivity index (χ1v) is 9.76. The van der Waals surface area contributed by atoms with Gasteiger partial charge in [0.2, 0.25) is 0 Å². The van der Waals surface area contributed by atoms with Crippen molar-refractivity contribution in [1.82, 2.24) is 0 Å². The van der Waals surface area contributed by atoms with Gasteiger partial charge in [-0.1, -0.05) is 30.3 Å². The second kappa shape index (κ2) is 6.57. The van der Waals surface area contributed by atoms with Crippen molar-refractivity contribution in [2.24, 2.45) is 0 Å². The lowest BCUT2D eigenvalue weighted by Gasteiger charge is -2.36. The van der Waals surface area contributed by atoms with Gasteiger partial charge in [-0.05, 0) is 41.3 Å². The Bertz CT molecular complexity index is 666. The SMILES string of the molecule is CSC1(SC)CCOc2ccc(-c3ccccc3CO)cc21. The predicted molar refractivity (Wildman–Crippen MR) is 96.6 cm³/mol. The number of hydrogen-bond donors (Lipinski definition) is 1. The molecule has 1 heterocycles. The third kappa shape index (κ3) is 2.64. The van der Waals surface area contributed by atoms with Gasteiger partial charge in [0.15, 0.2) is 0 Å². The van der Waals surface area contributed by atoms with E-state index in [9.17, 15) is 5.11 Å². The van der Waals surface area contributed by atoms with Crippen LogP contribution in [0.4, 0.5) is 0 Å². The fraction of sp³-hybridized carbons (Fsp3) is 0.333. The molecule has 22 heavy (non-hydrogen) atoms. The molecule has 116 valence electrons. The van der Waals surface area contributed by atoms with Crippen LogP contribution in [-0.4, -0.2) is 24.2 Å². The van der Waals surface area contributed by atoms with Gasteiger partial charge in [0, 0.05) is 12.0 Å². The fourth-order valence-electron chi connectivity index (χ4n) is 3.00. The Kier molecular flexibility index (Phi) is 4.71. The van der Waals surface area contributed by atoms with E-state index in [4.69, 9.17) is 4.74 Å². The molecule has 0 saturated carbocycles. The molecule has 0 amide bonds. The van der Waals surface area contributed by atoms with Gasteiger partial charge in [-0.25, -0.2) is 0 Å². The van der Waals surface area contributed by atoms with Crippen molar-refractivity contribution >= 4 is 23.5 Å². The van der Waals surface area contributed by atoms with Gasteiger partial charge in [0.25, 0.3) is 0 Å². The Morgan fingerprint density at radius 3 is 2.64 bits per heavy atom. The van der Waals surface area contributed by atoms with Crippen LogP contribution in [0.5, 0.6) is 5.75 Å². The summed E-state index contributed by atoms with van der Waals surface area (Å²) in [4.78, 5) is 0. The topological polar surface area (TPSA) is 29.5 Å². The zero-order valence-electron chi connectivity index (χ0n) is 12.8. The van der Waals surface area contributed by atoms with Crippen LogP contribution in [0.2, 0.25) is 0 Å². The number of hydrogen-bond acceptors (Lipinski definition) is 4. The third-order valence-electron chi connectivity index (χ3n) is 4.24. The molecule has 0 unspecified atom stereocenters. The van der Waals surface area contributed by atoms with Crippen LogP contribution in [0.25, 0.3) is 11.1 Å². The second-order valence-electron chi connectivity index (χ2n) is 5.29. The van der Waals surface area contributed by atoms with Gasteiger partial charge in [0.05, 0.1) is 17.3 Å². The largest absolute Gasteiger partial charge is 0.493 e. The van der Waals surface area contributed by atoms with Gasteiger partial charge in [0.1, 0.15) is 5.75 Å². The van der Waals surface area contributed by atoms with Gasteiger partial charge < -0.3 is 9.84 Å². The zero-order chi connectivity index (χ0) is 15.6. The van der Waals surface area contributed by atoms with E-state index in [1.807, 2.05) is 41.7 Å². The van der Waals surface area contributed by atoms with Crippen molar-refractivity contribution in [2.75, 3.05) is 19.1 Å². The zero-order valence-corrected chi connectivity index (χ0v) is 14.5. The van der Waals surface area contributed by atoms with Crippen molar-refractivity contribution in [3.8, 4) is 16.9 Å². The predicted octanol–water partition coefficient (Wildman–Crippen LogP) is 4.51. The van der Waals surface area contributed by atoms with Crippen LogP contribution < -0.4 is 4.74 Å². The van der Waals surface area contributed by atoms with E-state index >= 15 is 0 Å². The van der Waals surface area contributed by atoms with Crippen molar-refractivity contribution in [1.29, 1.82) is 0 Å². The molecule has 1 aliphatic heterocycles. The lowest BCUT2D eigenvalue weighted by Crippen LogP contribution is -2.26. The first-order chi connectivity index (χ1) is 10.7. The quantitative estimate of drug-likeness (QED) is 0.834. The van der Waals surface area contributed by atoms with Gasteiger partial charge in [-0.3, -0.25) is 0 Å². The molecule has 0 radical (unpaired) electrons. The molecule has 0 saturated heterocycles. The second-order valence-corrected chi connectivity index (χ2v) is 7.75. The minimum atomic E-state index is 0.0533. The number of thioether (sulfide) groups is 2. The molecule has 0 bridgehead atoms. The first kappa shape index (κ1) is 15.8. The van der Waals surface area contributed by atoms with Crippen LogP contribution in [0, 0.1) is 0 Å². The summed E-state index contributed by atoms with van der Waals surface area (Å²) in [7, 11) is 0. The van der Waals surface area contributed by atoms with E-state index in [1.54, 1.807) is 0 Å². The first-order valence-electron chi connectivity index (χ1n) is 7.31. The molecule has 0 aliphatic carbocycles. The van der Waals surface area contributed by atoms with Crippen LogP contribution in [0.3, 0.4) is 0 Å². The third-order valence-corrected chi connectivity index (χ3v) is 7.40. The summed E-state index contributed by atoms with van der Waals surface area (Å²) in [5.41, 5.74) is 4.44. The molecule has 4 heteroatoms. The van der Waals surface area contributed by atoms with E-state index in [0.717, 1.165) is 35.5 Å². The minimum Gasteiger partial charge on any atom is -0.493 e. The lowest BCUT2D eigenvalue weighted by molar-refractivity contribution is 0.280. The van der Waals surface area contributed by atoms with E-state index in [-0.39, 0.29) is 10.7 Å². The Labute approximate surface area is 140 Å². The van der Waals surface area contributed by atoms with Crippen molar-refractivity contribution in [3.05, 3.63) is 53.6 Å². The number of aliphatic hydroxyl groups excluding tert-OH is 1. The van der Waals surface area contributed by atoms with Crippen LogP contribution in [0.15, 0.2) is 42.5 Å². The molecular formula is C18H20O2S2. The van der Waals surface area contributed by atoms with Crippen molar-refractivity contribution < 1.29 is 9.84 Å². The maximum atomic E-state index is 9.58. The normalized spacial score (nSPS) is 16.0. The molecule has 2 nitrogen and oxygen atoms in total. The lowest BCUT2D eigenvalue weighted by atomic mass is 9.95. The molecule has 0 fully saturated rings. The van der Waals surface area contributed by atoms with Crippen molar-refractivity contribution in [3.63, 3.8) is 0 Å². The Morgan fingerprint density at radius 1 is 1.14 bits per heavy atom. The van der Waals surface area contributed by atoms with Gasteiger partial charge >= 0.3 is 0 Å². The van der Waals surface area contributed by atoms with E-state index in [2.05, 4.69) is 36.8 Å². The van der Waals surface area contributed by atoms with Crippen LogP contribution in [0.1, 0.15) is 17.5 Å². The highest BCUT2D eigenvalue weighted by atomic mass is 32.2. The number of fused-ring (bicyclic) bond motifs is 1. The van der Waals surface area contributed by atoms with Gasteiger partial charge in [-0.15, -0.1) is 23.5 Å². The highest BCUT2D eigenvalue weighted by molar-refractivity contribution is 8.16. The summed E-state index contributed by atoms with van der Waals surface area (Å²) < 4.78 is 5.91. The molecule has 1 N–H and O–H groups in total. The molecule has 3 rings (SSSR count). The summed E-state index contributed by atoms with van der Waals surface area (Å²) in [6.45, 7) is 0.821. The summed E-state index contributed by atoms with van der Waals surface area (Å²) in [6, 6.07) is 14.4. The van der Waals surface area contributed by atoms with E-state index in [0.29, 0.717) is 0 Å². The molecule has 2 aromatic carbocycles. The number of rotatable bonds is 4. The molecule has 0 spiro atoms. The summed E-state index contributed by atoms with van der Waals surface area (Å²) in [6.07, 6.45) is 5.34. The Morgan fingerprint density at radius 2 is 1.91 bits per heavy atom. The maximum Gasteiger partial charge on any atom is 0.124 e. The molecular weight excluding hydrogens is 312 g/mol. The highest BCUT2D eigenvalue weighted by Gasteiger charge is 2.36. The van der Waals surface area contributed by atoms with E-state index < -0.39 is 0 Å². The minimum absolute atomic E-state index is 0.0533.